The number of halogens is 3. The lowest BCUT2D eigenvalue weighted by Crippen LogP contribution is -2.58. The number of esters is 1. The molecule has 0 N–H and O–H groups in total. The molecule has 3 unspecified atom stereocenters. The number of alkyl halides is 3. The second-order valence-electron chi connectivity index (χ2n) is 7.94. The molecule has 33 heavy (non-hydrogen) atoms. The highest BCUT2D eigenvalue weighted by atomic mass is 32.1. The molecule has 10 heteroatoms. The van der Waals surface area contributed by atoms with Crippen LogP contribution >= 0.6 is 11.3 Å². The van der Waals surface area contributed by atoms with Crippen LogP contribution in [0.3, 0.4) is 0 Å². The Labute approximate surface area is 189 Å². The molecule has 3 aromatic rings. The Hall–Kier alpha value is -3.40. The van der Waals surface area contributed by atoms with E-state index in [4.69, 9.17) is 9.47 Å². The van der Waals surface area contributed by atoms with Crippen molar-refractivity contribution in [1.29, 1.82) is 0 Å². The molecule has 3 atom stereocenters. The van der Waals surface area contributed by atoms with Gasteiger partial charge >= 0.3 is 12.1 Å². The van der Waals surface area contributed by atoms with E-state index in [-0.39, 0.29) is 4.53 Å². The van der Waals surface area contributed by atoms with Crippen LogP contribution in [-0.2, 0) is 15.7 Å². The fourth-order valence-electron chi connectivity index (χ4n) is 4.35. The van der Waals surface area contributed by atoms with Gasteiger partial charge in [-0.1, -0.05) is 41.7 Å². The zero-order chi connectivity index (χ0) is 23.5. The Bertz CT molecular complexity index is 1440. The molecular weight excluding hydrogens is 457 g/mol. The Morgan fingerprint density at radius 2 is 1.91 bits per heavy atom. The Morgan fingerprint density at radius 1 is 1.21 bits per heavy atom. The number of thiazole rings is 1. The average Bonchev–Trinajstić information content (AvgIpc) is 3.06. The molecule has 170 valence electrons. The molecule has 0 saturated carbocycles. The lowest BCUT2D eigenvalue weighted by atomic mass is 9.81. The molecule has 2 aliphatic rings. The second-order valence-corrected chi connectivity index (χ2v) is 8.95. The van der Waals surface area contributed by atoms with Crippen LogP contribution in [0.2, 0.25) is 0 Å². The topological polar surface area (TPSA) is 69.9 Å². The van der Waals surface area contributed by atoms with Crippen LogP contribution in [-0.4, -0.2) is 23.4 Å². The number of ether oxygens (including phenoxy) is 2. The van der Waals surface area contributed by atoms with E-state index in [9.17, 15) is 22.8 Å². The first kappa shape index (κ1) is 21.4. The number of para-hydroxylation sites is 1. The molecular formula is C23H17F3N2O4S. The number of carbonyl (C=O) groups is 1. The van der Waals surface area contributed by atoms with E-state index in [1.165, 1.54) is 29.9 Å². The third kappa shape index (κ3) is 3.36. The third-order valence-electron chi connectivity index (χ3n) is 5.87. The molecule has 0 amide bonds. The summed E-state index contributed by atoms with van der Waals surface area (Å²) in [6.07, 6.45) is -2.93. The summed E-state index contributed by atoms with van der Waals surface area (Å²) < 4.78 is 51.4. The minimum atomic E-state index is -4.44. The van der Waals surface area contributed by atoms with E-state index in [0.29, 0.717) is 21.7 Å². The summed E-state index contributed by atoms with van der Waals surface area (Å²) in [6, 6.07) is 11.0. The van der Waals surface area contributed by atoms with Crippen molar-refractivity contribution in [3.05, 3.63) is 84.9 Å². The van der Waals surface area contributed by atoms with Crippen LogP contribution in [0, 0.1) is 5.92 Å². The highest BCUT2D eigenvalue weighted by Gasteiger charge is 2.55. The molecule has 0 saturated heterocycles. The number of rotatable bonds is 2. The van der Waals surface area contributed by atoms with Gasteiger partial charge in [-0.25, -0.2) is 4.99 Å². The van der Waals surface area contributed by atoms with E-state index < -0.39 is 41.0 Å². The van der Waals surface area contributed by atoms with Crippen molar-refractivity contribution in [2.75, 3.05) is 7.11 Å². The lowest BCUT2D eigenvalue weighted by Gasteiger charge is -2.44. The molecule has 0 spiro atoms. The third-order valence-corrected chi connectivity index (χ3v) is 6.85. The Morgan fingerprint density at radius 3 is 2.58 bits per heavy atom. The number of carbonyl (C=O) groups excluding carboxylic acids is 1. The minimum Gasteiger partial charge on any atom is -0.469 e. The maximum atomic E-state index is 13.4. The summed E-state index contributed by atoms with van der Waals surface area (Å²) in [5.74, 6) is -0.931. The van der Waals surface area contributed by atoms with Gasteiger partial charge in [0.2, 0.25) is 5.72 Å². The predicted octanol–water partition coefficient (Wildman–Crippen LogP) is 2.88. The van der Waals surface area contributed by atoms with Gasteiger partial charge in [0, 0.05) is 5.56 Å². The molecule has 2 aromatic carbocycles. The van der Waals surface area contributed by atoms with Gasteiger partial charge in [-0.05, 0) is 36.8 Å². The average molecular weight is 474 g/mol. The van der Waals surface area contributed by atoms with Crippen molar-refractivity contribution in [1.82, 2.24) is 4.57 Å². The smallest absolute Gasteiger partial charge is 0.416 e. The summed E-state index contributed by atoms with van der Waals surface area (Å²) in [5.41, 5.74) is -1.35. The van der Waals surface area contributed by atoms with Gasteiger partial charge in [0.25, 0.3) is 5.56 Å². The van der Waals surface area contributed by atoms with Crippen molar-refractivity contribution >= 4 is 23.4 Å². The molecule has 2 bridgehead atoms. The van der Waals surface area contributed by atoms with Crippen molar-refractivity contribution in [3.63, 3.8) is 0 Å². The normalized spacial score (nSPS) is 23.7. The summed E-state index contributed by atoms with van der Waals surface area (Å²) in [7, 11) is 1.27. The molecule has 0 radical (unpaired) electrons. The van der Waals surface area contributed by atoms with Crippen molar-refractivity contribution in [2.24, 2.45) is 10.9 Å². The van der Waals surface area contributed by atoms with E-state index in [1.54, 1.807) is 31.2 Å². The van der Waals surface area contributed by atoms with Gasteiger partial charge in [-0.2, -0.15) is 13.2 Å². The van der Waals surface area contributed by atoms with Gasteiger partial charge < -0.3 is 9.47 Å². The monoisotopic (exact) mass is 474 g/mol. The van der Waals surface area contributed by atoms with Crippen molar-refractivity contribution in [2.45, 2.75) is 24.9 Å². The lowest BCUT2D eigenvalue weighted by molar-refractivity contribution is -0.158. The zero-order valence-corrected chi connectivity index (χ0v) is 18.2. The van der Waals surface area contributed by atoms with E-state index in [2.05, 4.69) is 4.99 Å². The van der Waals surface area contributed by atoms with Gasteiger partial charge in [0.15, 0.2) is 4.80 Å². The SMILES string of the molecule is COC(=O)C1C2c3ccccc3OC1(C)N=c1sc(=Cc3ccc(C(F)(F)F)cc3)c(=O)n12. The number of methoxy groups -OCH3 is 1. The largest absolute Gasteiger partial charge is 0.469 e. The summed E-state index contributed by atoms with van der Waals surface area (Å²) in [6.45, 7) is 1.67. The van der Waals surface area contributed by atoms with Crippen molar-refractivity contribution < 1.29 is 27.4 Å². The van der Waals surface area contributed by atoms with Crippen molar-refractivity contribution in [3.8, 4) is 5.75 Å². The van der Waals surface area contributed by atoms with E-state index in [0.717, 1.165) is 23.5 Å². The first-order chi connectivity index (χ1) is 15.6. The fraction of sp³-hybridized carbons (Fsp3) is 0.261. The quantitative estimate of drug-likeness (QED) is 0.536. The number of aromatic nitrogens is 1. The number of hydrogen-bond acceptors (Lipinski definition) is 6. The van der Waals surface area contributed by atoms with Gasteiger partial charge in [0.1, 0.15) is 11.7 Å². The zero-order valence-electron chi connectivity index (χ0n) is 17.4. The van der Waals surface area contributed by atoms with Crippen LogP contribution in [0.1, 0.15) is 29.7 Å². The summed E-state index contributed by atoms with van der Waals surface area (Å²) in [5, 5.41) is 0. The van der Waals surface area contributed by atoms with Crippen LogP contribution in [0.4, 0.5) is 13.2 Å². The second kappa shape index (κ2) is 7.31. The summed E-state index contributed by atoms with van der Waals surface area (Å²) in [4.78, 5) is 31.1. The van der Waals surface area contributed by atoms with E-state index in [1.807, 2.05) is 0 Å². The number of hydrogen-bond donors (Lipinski definition) is 0. The maximum Gasteiger partial charge on any atom is 0.416 e. The standard InChI is InChI=1S/C23H17F3N2O4S/c1-22-17(20(30)31-2)18(14-5-3-4-6-15(14)32-22)28-19(29)16(33-21(28)27-22)11-12-7-9-13(10-8-12)23(24,25)26/h3-11,17-18H,1-2H3. The molecule has 3 heterocycles. The molecule has 0 fully saturated rings. The molecule has 0 aliphatic carbocycles. The van der Waals surface area contributed by atoms with Gasteiger partial charge in [0.05, 0.1) is 23.2 Å². The molecule has 6 nitrogen and oxygen atoms in total. The number of nitrogens with zero attached hydrogens (tertiary/aromatic N) is 2. The Balaban J connectivity index is 1.71. The molecule has 5 rings (SSSR count). The fourth-order valence-corrected chi connectivity index (χ4v) is 5.45. The predicted molar refractivity (Wildman–Crippen MR) is 113 cm³/mol. The minimum absolute atomic E-state index is 0.283. The van der Waals surface area contributed by atoms with Crippen LogP contribution < -0.4 is 19.6 Å². The van der Waals surface area contributed by atoms with Crippen LogP contribution in [0.25, 0.3) is 6.08 Å². The first-order valence-corrected chi connectivity index (χ1v) is 10.8. The first-order valence-electron chi connectivity index (χ1n) is 9.98. The molecule has 1 aromatic heterocycles. The maximum absolute atomic E-state index is 13.4. The van der Waals surface area contributed by atoms with E-state index >= 15 is 0 Å². The van der Waals surface area contributed by atoms with Crippen LogP contribution in [0.5, 0.6) is 5.75 Å². The van der Waals surface area contributed by atoms with Crippen LogP contribution in [0.15, 0.2) is 58.3 Å². The van der Waals surface area contributed by atoms with Gasteiger partial charge in [-0.15, -0.1) is 0 Å². The number of benzene rings is 2. The summed E-state index contributed by atoms with van der Waals surface area (Å²) >= 11 is 1.09. The highest BCUT2D eigenvalue weighted by molar-refractivity contribution is 7.07. The highest BCUT2D eigenvalue weighted by Crippen LogP contribution is 2.47. The number of fused-ring (bicyclic) bond motifs is 6. The van der Waals surface area contributed by atoms with Gasteiger partial charge in [-0.3, -0.25) is 14.2 Å². The molecule has 2 aliphatic heterocycles. The Kier molecular flexibility index (Phi) is 4.75.